The third kappa shape index (κ3) is 3.41. The maximum Gasteiger partial charge on any atom is 0.418 e. The van der Waals surface area contributed by atoms with Gasteiger partial charge in [-0.1, -0.05) is 0 Å². The smallest absolute Gasteiger partial charge is 0.366 e. The molecule has 0 radical (unpaired) electrons. The summed E-state index contributed by atoms with van der Waals surface area (Å²) in [5.74, 6) is -1.46. The van der Waals surface area contributed by atoms with Crippen molar-refractivity contribution in [1.29, 1.82) is 5.26 Å². The number of thiocarbonyl (C=S) groups is 1. The minimum Gasteiger partial charge on any atom is -0.366 e. The topological polar surface area (TPSA) is 90.4 Å². The van der Waals surface area contributed by atoms with Crippen molar-refractivity contribution in [2.75, 3.05) is 9.80 Å². The van der Waals surface area contributed by atoms with Crippen LogP contribution in [0.1, 0.15) is 46.3 Å². The Balaban J connectivity index is 1.87. The minimum absolute atomic E-state index is 0.0162. The fourth-order valence-electron chi connectivity index (χ4n) is 4.29. The Morgan fingerprint density at radius 2 is 1.91 bits per heavy atom. The molecule has 2 fully saturated rings. The molecule has 2 amide bonds. The van der Waals surface area contributed by atoms with Crippen LogP contribution in [0.2, 0.25) is 0 Å². The zero-order valence-corrected chi connectivity index (χ0v) is 17.8. The number of nitrogens with two attached hydrogens (primary N) is 1. The first-order valence-electron chi connectivity index (χ1n) is 9.84. The van der Waals surface area contributed by atoms with Crippen LogP contribution in [0.3, 0.4) is 0 Å². The van der Waals surface area contributed by atoms with E-state index in [2.05, 4.69) is 0 Å². The van der Waals surface area contributed by atoms with Gasteiger partial charge in [0.2, 0.25) is 5.91 Å². The molecule has 4 rings (SSSR count). The van der Waals surface area contributed by atoms with E-state index in [1.54, 1.807) is 6.07 Å². The van der Waals surface area contributed by atoms with Gasteiger partial charge in [0.1, 0.15) is 12.2 Å². The van der Waals surface area contributed by atoms with Crippen LogP contribution in [-0.4, -0.2) is 22.5 Å². The average molecular weight is 476 g/mol. The molecule has 1 saturated heterocycles. The number of benzene rings is 2. The van der Waals surface area contributed by atoms with Gasteiger partial charge in [-0.2, -0.15) is 18.4 Å². The maximum absolute atomic E-state index is 13.8. The van der Waals surface area contributed by atoms with Crippen molar-refractivity contribution in [3.8, 4) is 6.07 Å². The number of halogens is 4. The van der Waals surface area contributed by atoms with Gasteiger partial charge in [-0.25, -0.2) is 4.39 Å². The van der Waals surface area contributed by atoms with Crippen LogP contribution in [0.5, 0.6) is 0 Å². The number of anilines is 2. The third-order valence-corrected chi connectivity index (χ3v) is 6.39. The molecule has 33 heavy (non-hydrogen) atoms. The van der Waals surface area contributed by atoms with Crippen molar-refractivity contribution >= 4 is 40.5 Å². The first-order chi connectivity index (χ1) is 15.5. The highest BCUT2D eigenvalue weighted by atomic mass is 32.1. The van der Waals surface area contributed by atoms with Crippen molar-refractivity contribution in [2.24, 2.45) is 5.73 Å². The van der Waals surface area contributed by atoms with Crippen molar-refractivity contribution in [3.63, 3.8) is 0 Å². The molecule has 170 valence electrons. The number of hydrogen-bond acceptors (Lipinski definition) is 4. The van der Waals surface area contributed by atoms with E-state index in [9.17, 15) is 27.2 Å². The van der Waals surface area contributed by atoms with Crippen LogP contribution < -0.4 is 15.5 Å². The molecular weight excluding hydrogens is 460 g/mol. The molecule has 0 unspecified atom stereocenters. The molecular formula is C22H16F4N4O2S. The van der Waals surface area contributed by atoms with E-state index in [1.807, 2.05) is 0 Å². The van der Waals surface area contributed by atoms with Crippen LogP contribution in [0.15, 0.2) is 36.4 Å². The summed E-state index contributed by atoms with van der Waals surface area (Å²) in [6, 6.07) is 8.62. The first-order valence-corrected chi connectivity index (χ1v) is 10.2. The Morgan fingerprint density at radius 1 is 1.21 bits per heavy atom. The zero-order valence-electron chi connectivity index (χ0n) is 16.9. The number of carbonyl (C=O) groups excluding carboxylic acids is 2. The Bertz CT molecular complexity index is 1230. The molecule has 2 aliphatic rings. The van der Waals surface area contributed by atoms with E-state index in [1.165, 1.54) is 29.2 Å². The average Bonchev–Trinajstić information content (AvgIpc) is 2.98. The number of alkyl halides is 4. The lowest BCUT2D eigenvalue weighted by molar-refractivity contribution is -0.137. The lowest BCUT2D eigenvalue weighted by Gasteiger charge is -2.43. The van der Waals surface area contributed by atoms with Gasteiger partial charge >= 0.3 is 6.18 Å². The molecule has 1 saturated carbocycles. The highest BCUT2D eigenvalue weighted by molar-refractivity contribution is 7.81. The second kappa shape index (κ2) is 7.81. The van der Waals surface area contributed by atoms with Gasteiger partial charge in [-0.05, 0) is 73.4 Å². The van der Waals surface area contributed by atoms with Gasteiger partial charge in [0.05, 0.1) is 22.9 Å². The standard InChI is InChI=1S/C22H16F4N4O2S/c23-10-13-9-14(3-4-15(13)18(28)31)30-20(33)29(19(32)21(30)6-1-7-21)17-5-2-12(11-27)8-16(17)22(24,25)26/h2-5,8-9H,1,6-7,10H2,(H2,28,31). The molecule has 1 aliphatic carbocycles. The van der Waals surface area contributed by atoms with Crippen molar-refractivity contribution in [2.45, 2.75) is 37.7 Å². The van der Waals surface area contributed by atoms with Crippen LogP contribution in [0.4, 0.5) is 28.9 Å². The fraction of sp³-hybridized carbons (Fsp3) is 0.273. The molecule has 0 aromatic heterocycles. The third-order valence-electron chi connectivity index (χ3n) is 6.02. The number of amides is 2. The highest BCUT2D eigenvalue weighted by Crippen LogP contribution is 2.49. The van der Waals surface area contributed by atoms with Crippen LogP contribution in [0.25, 0.3) is 0 Å². The first kappa shape index (κ1) is 22.7. The molecule has 0 atom stereocenters. The summed E-state index contributed by atoms with van der Waals surface area (Å²) in [6.45, 7) is -1.01. The minimum atomic E-state index is -4.84. The Kier molecular flexibility index (Phi) is 5.36. The molecule has 0 bridgehead atoms. The van der Waals surface area contributed by atoms with Crippen LogP contribution in [-0.2, 0) is 17.6 Å². The predicted molar refractivity (Wildman–Crippen MR) is 115 cm³/mol. The number of nitrogens with zero attached hydrogens (tertiary/aromatic N) is 3. The second-order valence-electron chi connectivity index (χ2n) is 7.82. The van der Waals surface area contributed by atoms with Crippen LogP contribution in [0, 0.1) is 11.3 Å². The lowest BCUT2D eigenvalue weighted by atomic mass is 9.75. The second-order valence-corrected chi connectivity index (χ2v) is 8.19. The van der Waals surface area contributed by atoms with E-state index in [4.69, 9.17) is 23.2 Å². The number of hydrogen-bond donors (Lipinski definition) is 1. The Labute approximate surface area is 191 Å². The van der Waals surface area contributed by atoms with Gasteiger partial charge in [-0.3, -0.25) is 14.5 Å². The van der Waals surface area contributed by atoms with Crippen LogP contribution >= 0.6 is 12.2 Å². The highest BCUT2D eigenvalue weighted by Gasteiger charge is 2.60. The van der Waals surface area contributed by atoms with E-state index < -0.39 is 41.5 Å². The Morgan fingerprint density at radius 3 is 2.42 bits per heavy atom. The summed E-state index contributed by atoms with van der Waals surface area (Å²) < 4.78 is 55.0. The van der Waals surface area contributed by atoms with E-state index in [-0.39, 0.29) is 27.5 Å². The van der Waals surface area contributed by atoms with E-state index in [0.29, 0.717) is 25.3 Å². The largest absolute Gasteiger partial charge is 0.418 e. The number of nitriles is 1. The van der Waals surface area contributed by atoms with Gasteiger partial charge in [0, 0.05) is 11.3 Å². The van der Waals surface area contributed by atoms with Gasteiger partial charge in [0.25, 0.3) is 5.91 Å². The predicted octanol–water partition coefficient (Wildman–Crippen LogP) is 4.21. The van der Waals surface area contributed by atoms with E-state index >= 15 is 0 Å². The normalized spacial score (nSPS) is 17.3. The summed E-state index contributed by atoms with van der Waals surface area (Å²) in [7, 11) is 0. The Hall–Kier alpha value is -3.52. The summed E-state index contributed by atoms with van der Waals surface area (Å²) in [6.07, 6.45) is -3.53. The van der Waals surface area contributed by atoms with Gasteiger partial charge in [0.15, 0.2) is 5.11 Å². The summed E-state index contributed by atoms with van der Waals surface area (Å²) in [5, 5.41) is 8.82. The summed E-state index contributed by atoms with van der Waals surface area (Å²) >= 11 is 5.47. The van der Waals surface area contributed by atoms with Gasteiger partial charge in [-0.15, -0.1) is 0 Å². The fourth-order valence-corrected chi connectivity index (χ4v) is 4.75. The molecule has 2 N–H and O–H groups in total. The summed E-state index contributed by atoms with van der Waals surface area (Å²) in [5.41, 5.74) is 2.42. The molecule has 2 aromatic carbocycles. The monoisotopic (exact) mass is 476 g/mol. The number of carbonyl (C=O) groups is 2. The quantitative estimate of drug-likeness (QED) is 0.528. The molecule has 11 heteroatoms. The molecule has 6 nitrogen and oxygen atoms in total. The molecule has 1 spiro atoms. The molecule has 1 heterocycles. The zero-order chi connectivity index (χ0) is 24.1. The summed E-state index contributed by atoms with van der Waals surface area (Å²) in [4.78, 5) is 27.3. The SMILES string of the molecule is N#Cc1ccc(N2C(=O)C3(CCC3)N(c3ccc(C(N)=O)c(CF)c3)C2=S)c(C(F)(F)F)c1. The van der Waals surface area contributed by atoms with Crippen molar-refractivity contribution < 1.29 is 27.2 Å². The van der Waals surface area contributed by atoms with Gasteiger partial charge < -0.3 is 10.6 Å². The number of primary amides is 1. The molecule has 1 aliphatic heterocycles. The maximum atomic E-state index is 13.8. The lowest BCUT2D eigenvalue weighted by Crippen LogP contribution is -2.55. The molecule has 2 aromatic rings. The van der Waals surface area contributed by atoms with E-state index in [0.717, 1.165) is 11.0 Å². The number of rotatable bonds is 4. The van der Waals surface area contributed by atoms with Crippen molar-refractivity contribution in [1.82, 2.24) is 0 Å². The van der Waals surface area contributed by atoms with Crippen molar-refractivity contribution in [3.05, 3.63) is 58.7 Å².